The van der Waals surface area contributed by atoms with Gasteiger partial charge in [-0.2, -0.15) is 4.31 Å². The minimum Gasteiger partial charge on any atom is -0.496 e. The second kappa shape index (κ2) is 10.3. The number of nitrogens with one attached hydrogen (secondary N) is 1. The molecular weight excluding hydrogens is 438 g/mol. The molecule has 168 valence electrons. The first-order valence-electron chi connectivity index (χ1n) is 10.2. The lowest BCUT2D eigenvalue weighted by Crippen LogP contribution is -2.49. The predicted octanol–water partition coefficient (Wildman–Crippen LogP) is 2.93. The average Bonchev–Trinajstić information content (AvgIpc) is 2.76. The first kappa shape index (κ1) is 23.4. The van der Waals surface area contributed by atoms with Crippen LogP contribution in [-0.2, 0) is 10.0 Å². The molecule has 1 aliphatic heterocycles. The van der Waals surface area contributed by atoms with Crippen molar-refractivity contribution >= 4 is 33.2 Å². The third-order valence-corrected chi connectivity index (χ3v) is 7.46. The van der Waals surface area contributed by atoms with E-state index in [1.54, 1.807) is 16.4 Å². The average molecular weight is 466 g/mol. The van der Waals surface area contributed by atoms with Crippen LogP contribution < -0.4 is 15.0 Å². The number of hydrogen-bond donors (Lipinski definition) is 1. The summed E-state index contributed by atoms with van der Waals surface area (Å²) < 4.78 is 32.1. The van der Waals surface area contributed by atoms with E-state index in [2.05, 4.69) is 22.3 Å². The topological polar surface area (TPSA) is 78.9 Å². The molecule has 0 aromatic heterocycles. The third-order valence-electron chi connectivity index (χ3n) is 5.27. The van der Waals surface area contributed by atoms with E-state index in [9.17, 15) is 13.2 Å². The lowest BCUT2D eigenvalue weighted by molar-refractivity contribution is 0.0950. The minimum atomic E-state index is -3.37. The number of nitrogens with zero attached hydrogens (tertiary/aromatic N) is 2. The van der Waals surface area contributed by atoms with Crippen LogP contribution in [0.25, 0.3) is 0 Å². The van der Waals surface area contributed by atoms with Crippen LogP contribution in [0.3, 0.4) is 0 Å². The number of benzene rings is 2. The molecule has 1 N–H and O–H groups in total. The summed E-state index contributed by atoms with van der Waals surface area (Å²) >= 11 is 5.96. The fourth-order valence-corrected chi connectivity index (χ4v) is 5.25. The lowest BCUT2D eigenvalue weighted by Gasteiger charge is -2.35. The van der Waals surface area contributed by atoms with Crippen molar-refractivity contribution in [2.45, 2.75) is 13.3 Å². The number of sulfonamides is 1. The molecule has 9 heteroatoms. The summed E-state index contributed by atoms with van der Waals surface area (Å²) in [7, 11) is -1.89. The second-order valence-electron chi connectivity index (χ2n) is 7.50. The first-order chi connectivity index (χ1) is 14.8. The van der Waals surface area contributed by atoms with Crippen molar-refractivity contribution in [3.63, 3.8) is 0 Å². The largest absolute Gasteiger partial charge is 0.496 e. The van der Waals surface area contributed by atoms with E-state index in [0.717, 1.165) is 5.69 Å². The number of methoxy groups -OCH3 is 1. The van der Waals surface area contributed by atoms with E-state index in [0.29, 0.717) is 48.9 Å². The Hall–Kier alpha value is -2.29. The Kier molecular flexibility index (Phi) is 7.80. The fourth-order valence-electron chi connectivity index (χ4n) is 3.59. The highest BCUT2D eigenvalue weighted by molar-refractivity contribution is 7.89. The summed E-state index contributed by atoms with van der Waals surface area (Å²) in [6.07, 6.45) is 0.328. The molecule has 0 atom stereocenters. The van der Waals surface area contributed by atoms with Crippen LogP contribution in [0.5, 0.6) is 5.75 Å². The van der Waals surface area contributed by atoms with E-state index < -0.39 is 10.0 Å². The van der Waals surface area contributed by atoms with Crippen LogP contribution in [0.15, 0.2) is 42.5 Å². The van der Waals surface area contributed by atoms with E-state index in [1.165, 1.54) is 18.7 Å². The predicted molar refractivity (Wildman–Crippen MR) is 124 cm³/mol. The molecule has 0 radical (unpaired) electrons. The summed E-state index contributed by atoms with van der Waals surface area (Å²) in [5, 5.41) is 3.17. The van der Waals surface area contributed by atoms with Gasteiger partial charge >= 0.3 is 0 Å². The maximum absolute atomic E-state index is 12.7. The summed E-state index contributed by atoms with van der Waals surface area (Å²) in [6.45, 7) is 4.54. The van der Waals surface area contributed by atoms with Gasteiger partial charge in [-0.15, -0.1) is 0 Å². The van der Waals surface area contributed by atoms with Gasteiger partial charge in [-0.05, 0) is 49.2 Å². The third kappa shape index (κ3) is 6.12. The number of anilines is 1. The molecule has 1 fully saturated rings. The molecule has 31 heavy (non-hydrogen) atoms. The molecule has 2 aromatic rings. The highest BCUT2D eigenvalue weighted by Crippen LogP contribution is 2.22. The minimum absolute atomic E-state index is 0.00952. The van der Waals surface area contributed by atoms with E-state index in [-0.39, 0.29) is 18.2 Å². The van der Waals surface area contributed by atoms with Gasteiger partial charge in [0.05, 0.1) is 18.4 Å². The quantitative estimate of drug-likeness (QED) is 0.606. The van der Waals surface area contributed by atoms with Gasteiger partial charge in [-0.1, -0.05) is 23.7 Å². The molecule has 1 saturated heterocycles. The van der Waals surface area contributed by atoms with E-state index >= 15 is 0 Å². The molecule has 0 aliphatic carbocycles. The van der Waals surface area contributed by atoms with Crippen molar-refractivity contribution in [3.8, 4) is 5.75 Å². The highest BCUT2D eigenvalue weighted by Gasteiger charge is 2.26. The molecule has 2 aromatic carbocycles. The number of ether oxygens (including phenoxy) is 1. The van der Waals surface area contributed by atoms with Crippen LogP contribution in [0.2, 0.25) is 5.02 Å². The van der Waals surface area contributed by atoms with Gasteiger partial charge in [0.2, 0.25) is 10.0 Å². The SMILES string of the molecule is COc1ccc(Cl)cc1C(=O)NCCCS(=O)(=O)N1CCN(c2cccc(C)c2)CC1. The van der Waals surface area contributed by atoms with Crippen LogP contribution in [-0.4, -0.2) is 64.2 Å². The maximum atomic E-state index is 12.7. The first-order valence-corrected chi connectivity index (χ1v) is 12.2. The van der Waals surface area contributed by atoms with Gasteiger partial charge < -0.3 is 15.0 Å². The number of amides is 1. The van der Waals surface area contributed by atoms with Gasteiger partial charge in [0, 0.05) is 43.4 Å². The molecule has 0 spiro atoms. The molecule has 0 saturated carbocycles. The zero-order chi connectivity index (χ0) is 22.4. The standard InChI is InChI=1S/C22H28ClN3O4S/c1-17-5-3-6-19(15-17)25-10-12-26(13-11-25)31(28,29)14-4-9-24-22(27)20-16-18(23)7-8-21(20)30-2/h3,5-8,15-16H,4,9-14H2,1-2H3,(H,24,27). The van der Waals surface area contributed by atoms with Crippen LogP contribution in [0.4, 0.5) is 5.69 Å². The van der Waals surface area contributed by atoms with Crippen molar-refractivity contribution in [2.75, 3.05) is 50.5 Å². The van der Waals surface area contributed by atoms with Gasteiger partial charge in [-0.25, -0.2) is 8.42 Å². The van der Waals surface area contributed by atoms with Crippen molar-refractivity contribution in [2.24, 2.45) is 0 Å². The Morgan fingerprint density at radius 2 is 1.87 bits per heavy atom. The van der Waals surface area contributed by atoms with Crippen LogP contribution >= 0.6 is 11.6 Å². The smallest absolute Gasteiger partial charge is 0.255 e. The van der Waals surface area contributed by atoms with Crippen LogP contribution in [0, 0.1) is 6.92 Å². The second-order valence-corrected chi connectivity index (χ2v) is 10.0. The fraction of sp³-hybridized carbons (Fsp3) is 0.409. The van der Waals surface area contributed by atoms with Crippen molar-refractivity contribution in [1.29, 1.82) is 0 Å². The van der Waals surface area contributed by atoms with Crippen molar-refractivity contribution in [1.82, 2.24) is 9.62 Å². The Morgan fingerprint density at radius 3 is 2.55 bits per heavy atom. The monoisotopic (exact) mass is 465 g/mol. The Bertz CT molecular complexity index is 1020. The Labute approximate surface area is 189 Å². The van der Waals surface area contributed by atoms with Crippen molar-refractivity contribution < 1.29 is 17.9 Å². The van der Waals surface area contributed by atoms with Gasteiger partial charge in [0.15, 0.2) is 0 Å². The number of piperazine rings is 1. The van der Waals surface area contributed by atoms with Gasteiger partial charge in [0.25, 0.3) is 5.91 Å². The van der Waals surface area contributed by atoms with Crippen molar-refractivity contribution in [3.05, 3.63) is 58.6 Å². The zero-order valence-electron chi connectivity index (χ0n) is 17.8. The zero-order valence-corrected chi connectivity index (χ0v) is 19.4. The van der Waals surface area contributed by atoms with Gasteiger partial charge in [0.1, 0.15) is 5.75 Å². The van der Waals surface area contributed by atoms with Crippen LogP contribution in [0.1, 0.15) is 22.3 Å². The normalized spacial score (nSPS) is 15.0. The number of carbonyl (C=O) groups excluding carboxylic acids is 1. The summed E-state index contributed by atoms with van der Waals surface area (Å²) in [5.41, 5.74) is 2.63. The molecule has 1 aliphatic rings. The molecule has 7 nitrogen and oxygen atoms in total. The lowest BCUT2D eigenvalue weighted by atomic mass is 10.2. The molecule has 3 rings (SSSR count). The number of aryl methyl sites for hydroxylation is 1. The van der Waals surface area contributed by atoms with E-state index in [1.807, 2.05) is 19.1 Å². The molecule has 0 unspecified atom stereocenters. The number of rotatable bonds is 8. The molecule has 0 bridgehead atoms. The molecule has 1 amide bonds. The number of halogens is 1. The molecule has 1 heterocycles. The van der Waals surface area contributed by atoms with E-state index in [4.69, 9.17) is 16.3 Å². The summed E-state index contributed by atoms with van der Waals surface area (Å²) in [6, 6.07) is 13.0. The highest BCUT2D eigenvalue weighted by atomic mass is 35.5. The Balaban J connectivity index is 1.46. The summed E-state index contributed by atoms with van der Waals surface area (Å²) in [5.74, 6) is 0.0641. The summed E-state index contributed by atoms with van der Waals surface area (Å²) in [4.78, 5) is 14.6. The number of carbonyl (C=O) groups is 1. The number of hydrogen-bond acceptors (Lipinski definition) is 5. The Morgan fingerprint density at radius 1 is 1.13 bits per heavy atom. The van der Waals surface area contributed by atoms with Gasteiger partial charge in [-0.3, -0.25) is 4.79 Å². The maximum Gasteiger partial charge on any atom is 0.255 e. The molecular formula is C22H28ClN3O4S.